The van der Waals surface area contributed by atoms with Gasteiger partial charge in [-0.15, -0.1) is 0 Å². The van der Waals surface area contributed by atoms with Crippen molar-refractivity contribution >= 4 is 5.69 Å². The SMILES string of the molecule is CC(C)Oc1nc2c(cc1N)CNCC2. The fraction of sp³-hybridized carbons (Fsp3) is 0.545. The Balaban J connectivity index is 2.32. The zero-order chi connectivity index (χ0) is 10.8. The lowest BCUT2D eigenvalue weighted by molar-refractivity contribution is 0.233. The van der Waals surface area contributed by atoms with Crippen molar-refractivity contribution in [2.24, 2.45) is 0 Å². The van der Waals surface area contributed by atoms with E-state index in [9.17, 15) is 0 Å². The minimum Gasteiger partial charge on any atom is -0.473 e. The quantitative estimate of drug-likeness (QED) is 0.762. The molecule has 2 heterocycles. The van der Waals surface area contributed by atoms with Crippen molar-refractivity contribution in [1.29, 1.82) is 0 Å². The Hall–Kier alpha value is -1.29. The monoisotopic (exact) mass is 207 g/mol. The Bertz CT molecular complexity index is 363. The van der Waals surface area contributed by atoms with E-state index < -0.39 is 0 Å². The highest BCUT2D eigenvalue weighted by molar-refractivity contribution is 5.51. The van der Waals surface area contributed by atoms with Crippen LogP contribution in [0.3, 0.4) is 0 Å². The van der Waals surface area contributed by atoms with E-state index in [1.165, 1.54) is 5.56 Å². The Morgan fingerprint density at radius 1 is 1.53 bits per heavy atom. The maximum atomic E-state index is 5.88. The largest absolute Gasteiger partial charge is 0.473 e. The number of nitrogen functional groups attached to an aromatic ring is 1. The minimum atomic E-state index is 0.111. The summed E-state index contributed by atoms with van der Waals surface area (Å²) in [6.45, 7) is 5.78. The number of fused-ring (bicyclic) bond motifs is 1. The van der Waals surface area contributed by atoms with Crippen LogP contribution in [0.4, 0.5) is 5.69 Å². The molecule has 4 nitrogen and oxygen atoms in total. The number of ether oxygens (including phenoxy) is 1. The molecule has 0 aliphatic carbocycles. The molecule has 0 fully saturated rings. The molecule has 4 heteroatoms. The van der Waals surface area contributed by atoms with Gasteiger partial charge in [0.15, 0.2) is 0 Å². The van der Waals surface area contributed by atoms with E-state index in [4.69, 9.17) is 10.5 Å². The summed E-state index contributed by atoms with van der Waals surface area (Å²) in [4.78, 5) is 4.47. The van der Waals surface area contributed by atoms with Crippen molar-refractivity contribution in [2.45, 2.75) is 32.9 Å². The number of hydrogen-bond donors (Lipinski definition) is 2. The van der Waals surface area contributed by atoms with Crippen LogP contribution in [0.5, 0.6) is 5.88 Å². The number of nitrogens with two attached hydrogens (primary N) is 1. The maximum Gasteiger partial charge on any atom is 0.237 e. The van der Waals surface area contributed by atoms with E-state index in [-0.39, 0.29) is 6.10 Å². The first-order valence-corrected chi connectivity index (χ1v) is 5.32. The standard InChI is InChI=1S/C11H17N3O/c1-7(2)15-11-9(12)5-8-6-13-4-3-10(8)14-11/h5,7,13H,3-4,6,12H2,1-2H3. The van der Waals surface area contributed by atoms with E-state index >= 15 is 0 Å². The van der Waals surface area contributed by atoms with Crippen LogP contribution in [0.25, 0.3) is 0 Å². The predicted octanol–water partition coefficient (Wildman–Crippen LogP) is 1.10. The molecule has 0 saturated carbocycles. The topological polar surface area (TPSA) is 60.2 Å². The van der Waals surface area contributed by atoms with E-state index in [1.807, 2.05) is 19.9 Å². The number of anilines is 1. The van der Waals surface area contributed by atoms with Gasteiger partial charge in [0.05, 0.1) is 17.5 Å². The molecule has 0 radical (unpaired) electrons. The third kappa shape index (κ3) is 2.21. The number of nitrogens with one attached hydrogen (secondary N) is 1. The van der Waals surface area contributed by atoms with Crippen LogP contribution in [-0.2, 0) is 13.0 Å². The van der Waals surface area contributed by atoms with Crippen LogP contribution in [0, 0.1) is 0 Å². The molecular weight excluding hydrogens is 190 g/mol. The van der Waals surface area contributed by atoms with E-state index in [0.717, 1.165) is 25.2 Å². The predicted molar refractivity (Wildman–Crippen MR) is 59.8 cm³/mol. The number of nitrogens with zero attached hydrogens (tertiary/aromatic N) is 1. The maximum absolute atomic E-state index is 5.88. The molecule has 0 amide bonds. The molecule has 0 spiro atoms. The molecule has 0 bridgehead atoms. The van der Waals surface area contributed by atoms with Crippen LogP contribution in [0.1, 0.15) is 25.1 Å². The highest BCUT2D eigenvalue weighted by Gasteiger charge is 2.14. The van der Waals surface area contributed by atoms with E-state index in [1.54, 1.807) is 0 Å². The molecule has 0 unspecified atom stereocenters. The average molecular weight is 207 g/mol. The van der Waals surface area contributed by atoms with Gasteiger partial charge < -0.3 is 15.8 Å². The molecule has 82 valence electrons. The van der Waals surface area contributed by atoms with Gasteiger partial charge in [-0.25, -0.2) is 4.98 Å². The first-order valence-electron chi connectivity index (χ1n) is 5.32. The Morgan fingerprint density at radius 2 is 2.33 bits per heavy atom. The number of hydrogen-bond acceptors (Lipinski definition) is 4. The lowest BCUT2D eigenvalue weighted by Gasteiger charge is -2.19. The van der Waals surface area contributed by atoms with Gasteiger partial charge in [-0.05, 0) is 25.5 Å². The molecule has 3 N–H and O–H groups in total. The molecule has 1 aliphatic rings. The van der Waals surface area contributed by atoms with E-state index in [0.29, 0.717) is 11.6 Å². The summed E-state index contributed by atoms with van der Waals surface area (Å²) in [5.41, 5.74) is 8.81. The molecule has 1 aromatic rings. The smallest absolute Gasteiger partial charge is 0.237 e. The minimum absolute atomic E-state index is 0.111. The van der Waals surface area contributed by atoms with Crippen molar-refractivity contribution in [3.8, 4) is 5.88 Å². The first-order chi connectivity index (χ1) is 7.16. The fourth-order valence-electron chi connectivity index (χ4n) is 1.71. The summed E-state index contributed by atoms with van der Waals surface area (Å²) in [5.74, 6) is 0.575. The normalized spacial score (nSPS) is 15.1. The molecule has 0 aromatic carbocycles. The van der Waals surface area contributed by atoms with Crippen molar-refractivity contribution in [2.75, 3.05) is 12.3 Å². The Kier molecular flexibility index (Phi) is 2.77. The van der Waals surface area contributed by atoms with Crippen LogP contribution in [0.15, 0.2) is 6.07 Å². The Labute approximate surface area is 89.8 Å². The molecule has 15 heavy (non-hydrogen) atoms. The van der Waals surface area contributed by atoms with Gasteiger partial charge in [-0.3, -0.25) is 0 Å². The van der Waals surface area contributed by atoms with Gasteiger partial charge in [-0.2, -0.15) is 0 Å². The van der Waals surface area contributed by atoms with Crippen LogP contribution in [-0.4, -0.2) is 17.6 Å². The average Bonchev–Trinajstić information content (AvgIpc) is 2.18. The molecule has 1 aliphatic heterocycles. The number of pyridine rings is 1. The zero-order valence-corrected chi connectivity index (χ0v) is 9.21. The highest BCUT2D eigenvalue weighted by atomic mass is 16.5. The zero-order valence-electron chi connectivity index (χ0n) is 9.21. The molecule has 0 atom stereocenters. The summed E-state index contributed by atoms with van der Waals surface area (Å²) in [6, 6.07) is 1.96. The van der Waals surface area contributed by atoms with E-state index in [2.05, 4.69) is 10.3 Å². The third-order valence-corrected chi connectivity index (χ3v) is 2.39. The van der Waals surface area contributed by atoms with Gasteiger partial charge in [0.1, 0.15) is 0 Å². The van der Waals surface area contributed by atoms with Crippen molar-refractivity contribution < 1.29 is 4.74 Å². The lowest BCUT2D eigenvalue weighted by atomic mass is 10.1. The van der Waals surface area contributed by atoms with Crippen LogP contribution >= 0.6 is 0 Å². The third-order valence-electron chi connectivity index (χ3n) is 2.39. The molecular formula is C11H17N3O. The second kappa shape index (κ2) is 4.06. The van der Waals surface area contributed by atoms with Gasteiger partial charge >= 0.3 is 0 Å². The van der Waals surface area contributed by atoms with Gasteiger partial charge in [0, 0.05) is 19.5 Å². The van der Waals surface area contributed by atoms with Gasteiger partial charge in [0.2, 0.25) is 5.88 Å². The number of rotatable bonds is 2. The second-order valence-corrected chi connectivity index (χ2v) is 4.08. The second-order valence-electron chi connectivity index (χ2n) is 4.08. The van der Waals surface area contributed by atoms with Crippen LogP contribution < -0.4 is 15.8 Å². The van der Waals surface area contributed by atoms with Gasteiger partial charge in [0.25, 0.3) is 0 Å². The lowest BCUT2D eigenvalue weighted by Crippen LogP contribution is -2.25. The first kappa shape index (κ1) is 10.2. The van der Waals surface area contributed by atoms with Crippen LogP contribution in [0.2, 0.25) is 0 Å². The summed E-state index contributed by atoms with van der Waals surface area (Å²) in [6.07, 6.45) is 1.06. The Morgan fingerprint density at radius 3 is 3.07 bits per heavy atom. The summed E-state index contributed by atoms with van der Waals surface area (Å²) in [5, 5.41) is 3.29. The summed E-state index contributed by atoms with van der Waals surface area (Å²) < 4.78 is 5.55. The van der Waals surface area contributed by atoms with Gasteiger partial charge in [-0.1, -0.05) is 0 Å². The van der Waals surface area contributed by atoms with Crippen molar-refractivity contribution in [3.05, 3.63) is 17.3 Å². The van der Waals surface area contributed by atoms with Crippen molar-refractivity contribution in [1.82, 2.24) is 10.3 Å². The highest BCUT2D eigenvalue weighted by Crippen LogP contribution is 2.24. The summed E-state index contributed by atoms with van der Waals surface area (Å²) >= 11 is 0. The number of aromatic nitrogens is 1. The summed E-state index contributed by atoms with van der Waals surface area (Å²) in [7, 11) is 0. The fourth-order valence-corrected chi connectivity index (χ4v) is 1.71. The molecule has 1 aromatic heterocycles. The molecule has 2 rings (SSSR count). The van der Waals surface area contributed by atoms with Crippen molar-refractivity contribution in [3.63, 3.8) is 0 Å². The molecule has 0 saturated heterocycles.